The van der Waals surface area contributed by atoms with Gasteiger partial charge in [0.2, 0.25) is 0 Å². The number of amides is 2. The number of aromatic nitrogens is 5. The third kappa shape index (κ3) is 26.2. The van der Waals surface area contributed by atoms with E-state index < -0.39 is 131 Å². The molecule has 0 bridgehead atoms. The number of nitrogens with one attached hydrogen (secondary N) is 2. The largest absolute Gasteiger partial charge is 0.458 e. The number of ketones is 2. The Bertz CT molecular complexity index is 3700. The smallest absolute Gasteiger partial charge is 0.410 e. The van der Waals surface area contributed by atoms with Crippen LogP contribution in [0.15, 0.2) is 60.1 Å². The summed E-state index contributed by atoms with van der Waals surface area (Å²) in [6.07, 6.45) is 7.97. The van der Waals surface area contributed by atoms with Gasteiger partial charge in [-0.05, 0) is 216 Å². The lowest BCUT2D eigenvalue weighted by Crippen LogP contribution is -2.61. The zero-order valence-electron chi connectivity index (χ0n) is 72.6. The highest BCUT2D eigenvalue weighted by atomic mass is 32.2. The number of aliphatic hydroxyl groups is 2. The number of aliphatic hydroxyl groups excluding tert-OH is 2. The van der Waals surface area contributed by atoms with Crippen LogP contribution in [0.25, 0.3) is 21.8 Å². The number of rotatable bonds is 21. The number of halogens is 1. The standard InChI is InChI=1S/C41H65N7O9.C34H60N6O9.C7H5N.CH3FS/c1-11-33-41(7)36(48(39(52)57-41)19-15-14-18-47-24-30(44-45-47)29-16-12-13-17-42-29)28(5)43-23-25(2)22-40(6,53-10)34(21-32(49)27(4)37(51)55-33)56-38-35(50)31(46(8)9)20-26(3)54-38;1-11-26-34(7)29(40(32(44)49-34)15-13-12-14-37-38-35)23(5)36-19-20(2)18-33(6,45-10)27(17-25(41)22(4)30(43)47-26)48-31-28(42)24(39(8)9)16-21(3)46-31;1-2-7-5-3-4-6-8-7;1-3-2/h12-13,16-17,24-28,31,33-36,38,43,50H,11,14-15,18-23H2,1-10H3;20-24,26-29,31,36,42H,11-19H2,1-10H3;1,3-6H;1H3/t25-,26?,27?,28-,31?,33-,34-,35?,36-,38+,40-,41-;20-,21?,22?,23-,24?,26-,27-,28?,29-,31+,33-,34-;;/m11../s1. The number of Topliss-reactive ketones (excluding diaryl/α,β-unsaturated/α-hetero) is 2. The number of carbonyl (C=O) groups excluding carboxylic acids is 6. The Labute approximate surface area is 695 Å². The zero-order valence-corrected chi connectivity index (χ0v) is 73.4. The Balaban J connectivity index is 0.000000324. The fourth-order valence-corrected chi connectivity index (χ4v) is 16.9. The minimum absolute atomic E-state index is 0.00281. The van der Waals surface area contributed by atoms with Gasteiger partial charge in [0.15, 0.2) is 23.8 Å². The summed E-state index contributed by atoms with van der Waals surface area (Å²) in [5.41, 5.74) is 6.30. The molecule has 34 heteroatoms. The Morgan fingerprint density at radius 3 is 1.47 bits per heavy atom. The van der Waals surface area contributed by atoms with Crippen LogP contribution in [0, 0.1) is 36.0 Å². The minimum atomic E-state index is -1.22. The molecule has 6 aliphatic heterocycles. The van der Waals surface area contributed by atoms with Crippen molar-refractivity contribution >= 4 is 47.8 Å². The predicted octanol–water partition coefficient (Wildman–Crippen LogP) is 9.96. The Hall–Kier alpha value is -7.07. The third-order valence-corrected chi connectivity index (χ3v) is 23.7. The van der Waals surface area contributed by atoms with Gasteiger partial charge in [0, 0.05) is 113 Å². The summed E-state index contributed by atoms with van der Waals surface area (Å²) in [6, 6.07) is 9.10. The van der Waals surface area contributed by atoms with Crippen LogP contribution in [-0.4, -0.2) is 292 Å². The number of terminal acetylenes is 1. The number of azide groups is 1. The summed E-state index contributed by atoms with van der Waals surface area (Å²) in [7, 11) is 10.7. The quantitative estimate of drug-likeness (QED) is 0.0113. The van der Waals surface area contributed by atoms with Crippen molar-refractivity contribution in [3.8, 4) is 23.7 Å². The van der Waals surface area contributed by atoms with Crippen molar-refractivity contribution in [1.29, 1.82) is 0 Å². The first-order chi connectivity index (χ1) is 55.4. The number of ether oxygens (including phenoxy) is 10. The molecular weight excluding hydrogens is 1530 g/mol. The van der Waals surface area contributed by atoms with Crippen molar-refractivity contribution in [3.63, 3.8) is 0 Å². The van der Waals surface area contributed by atoms with E-state index in [1.807, 2.05) is 137 Å². The van der Waals surface area contributed by atoms with E-state index in [1.165, 1.54) is 20.1 Å². The van der Waals surface area contributed by atoms with Crippen LogP contribution in [0.3, 0.4) is 0 Å². The first kappa shape index (κ1) is 98.8. The molecule has 4 N–H and O–H groups in total. The molecule has 6 aliphatic rings. The molecule has 6 fully saturated rings. The number of carbonyl (C=O) groups is 6. The summed E-state index contributed by atoms with van der Waals surface area (Å²) in [5, 5.41) is 42.0. The van der Waals surface area contributed by atoms with Crippen molar-refractivity contribution < 1.29 is 90.2 Å². The zero-order chi connectivity index (χ0) is 86.9. The molecule has 32 nitrogen and oxygen atoms in total. The van der Waals surface area contributed by atoms with E-state index in [0.29, 0.717) is 108 Å². The van der Waals surface area contributed by atoms with Gasteiger partial charge in [-0.25, -0.2) is 14.6 Å². The Kier molecular flexibility index (Phi) is 38.9. The number of aryl methyl sites for hydroxylation is 1. The highest BCUT2D eigenvalue weighted by Crippen LogP contribution is 2.43. The minimum Gasteiger partial charge on any atom is -0.458 e. The second-order valence-corrected chi connectivity index (χ2v) is 33.5. The number of fused-ring (bicyclic) bond motifs is 2. The van der Waals surface area contributed by atoms with Crippen molar-refractivity contribution in [2.45, 2.75) is 301 Å². The summed E-state index contributed by atoms with van der Waals surface area (Å²) in [5.74, 6) is -2.12. The lowest BCUT2D eigenvalue weighted by molar-refractivity contribution is -0.289. The highest BCUT2D eigenvalue weighted by molar-refractivity contribution is 7.93. The van der Waals surface area contributed by atoms with Gasteiger partial charge < -0.3 is 78.0 Å². The van der Waals surface area contributed by atoms with E-state index in [-0.39, 0.29) is 73.2 Å². The maximum Gasteiger partial charge on any atom is 0.410 e. The monoisotopic (exact) mass is 1660 g/mol. The van der Waals surface area contributed by atoms with Crippen LogP contribution in [0.1, 0.15) is 180 Å². The van der Waals surface area contributed by atoms with E-state index >= 15 is 0 Å². The summed E-state index contributed by atoms with van der Waals surface area (Å²) in [6.45, 7) is 28.9. The lowest BCUT2D eigenvalue weighted by Gasteiger charge is -2.45. The summed E-state index contributed by atoms with van der Waals surface area (Å²) in [4.78, 5) is 101. The third-order valence-electron chi connectivity index (χ3n) is 23.7. The normalized spacial score (nSPS) is 34.9. The van der Waals surface area contributed by atoms with Gasteiger partial charge in [0.1, 0.15) is 59.2 Å². The van der Waals surface area contributed by atoms with Crippen LogP contribution >= 0.6 is 12.1 Å². The number of unbranched alkanes of at least 4 members (excludes halogenated alkanes) is 2. The van der Waals surface area contributed by atoms with Gasteiger partial charge in [-0.1, -0.05) is 56.1 Å². The first-order valence-corrected chi connectivity index (χ1v) is 42.2. The lowest BCUT2D eigenvalue weighted by atomic mass is 9.83. The number of pyridine rings is 2. The number of methoxy groups -OCH3 is 2. The fraction of sp³-hybridized carbons (Fsp3) is 0.759. The van der Waals surface area contributed by atoms with E-state index in [0.717, 1.165) is 12.1 Å². The molecule has 0 spiro atoms. The van der Waals surface area contributed by atoms with E-state index in [2.05, 4.69) is 60.7 Å². The Morgan fingerprint density at radius 1 is 0.667 bits per heavy atom. The number of nitrogens with zero attached hydrogens (tertiary/aromatic N) is 12. The van der Waals surface area contributed by atoms with Crippen LogP contribution in [0.2, 0.25) is 0 Å². The highest BCUT2D eigenvalue weighted by Gasteiger charge is 2.61. The molecule has 0 saturated carbocycles. The second-order valence-electron chi connectivity index (χ2n) is 33.2. The maximum absolute atomic E-state index is 14.0. The number of hydrogen-bond donors (Lipinski definition) is 4. The van der Waals surface area contributed by atoms with Crippen LogP contribution in [-0.2, 0) is 73.1 Å². The van der Waals surface area contributed by atoms with Gasteiger partial charge in [0.05, 0.1) is 59.6 Å². The van der Waals surface area contributed by atoms with Crippen molar-refractivity contribution in [2.75, 3.05) is 81.4 Å². The maximum atomic E-state index is 14.0. The summed E-state index contributed by atoms with van der Waals surface area (Å²) < 4.78 is 74.0. The van der Waals surface area contributed by atoms with Gasteiger partial charge >= 0.3 is 24.1 Å². The molecule has 24 atom stereocenters. The molecule has 3 aromatic heterocycles. The molecule has 3 aromatic rings. The number of hydrogen-bond acceptors (Lipinski definition) is 28. The van der Waals surface area contributed by atoms with Gasteiger partial charge in [0.25, 0.3) is 0 Å². The average Bonchev–Trinajstić information content (AvgIpc) is 1.61. The van der Waals surface area contributed by atoms with Gasteiger partial charge in [-0.3, -0.25) is 38.6 Å². The molecule has 117 heavy (non-hydrogen) atoms. The second kappa shape index (κ2) is 46.1. The predicted molar refractivity (Wildman–Crippen MR) is 439 cm³/mol. The first-order valence-electron chi connectivity index (χ1n) is 41.1. The van der Waals surface area contributed by atoms with Gasteiger partial charge in [-0.15, -0.1) is 11.5 Å². The molecule has 2 amide bonds. The number of cyclic esters (lactones) is 2. The molecule has 0 aromatic carbocycles. The van der Waals surface area contributed by atoms with Crippen LogP contribution in [0.4, 0.5) is 13.5 Å². The van der Waals surface area contributed by atoms with Gasteiger partial charge in [-0.2, -0.15) is 3.89 Å². The van der Waals surface area contributed by atoms with E-state index in [4.69, 9.17) is 59.3 Å². The van der Waals surface area contributed by atoms with Crippen molar-refractivity contribution in [1.82, 2.24) is 55.2 Å². The van der Waals surface area contributed by atoms with Crippen molar-refractivity contribution in [2.24, 2.45) is 28.8 Å². The Morgan fingerprint density at radius 2 is 1.09 bits per heavy atom. The van der Waals surface area contributed by atoms with Crippen LogP contribution < -0.4 is 10.6 Å². The molecule has 0 aliphatic carbocycles. The van der Waals surface area contributed by atoms with Crippen molar-refractivity contribution in [3.05, 3.63) is 71.1 Å². The molecule has 9 heterocycles. The van der Waals surface area contributed by atoms with Crippen LogP contribution in [0.5, 0.6) is 0 Å². The van der Waals surface area contributed by atoms with E-state index in [9.17, 15) is 42.9 Å². The molecule has 9 rings (SSSR count). The number of esters is 2. The SMILES string of the molecule is C#Cc1ccccn1.CC[C@H]1OC(=O)C(C)C(=O)C[C@@H](O[C@@H]2OC(C)CC(N(C)C)C2O)[C@](C)(OC)C[C@@H](C)CN[C@H](C)[C@H]2N(CCCCN=[N+]=[N-])C(=O)O[C@]12C.CC[C@H]1OC(=O)C(C)C(=O)C[C@@H](O[C@@H]2OC(C)CC(N(C)C)C2O)[C@](C)(OC)C[C@@H](C)CN[C@H](C)[C@H]2N(CCCCn3cc(-c4ccccn4)nn3)C(=O)O[C@]12C.CSF. The molecule has 656 valence electrons. The number of likely N-dealkylation sites (N-methyl/N-ethyl adjacent to an activating group) is 2. The molecular formula is C83H133FN14O18S. The molecule has 8 unspecified atom stereocenters. The topological polar surface area (TPSA) is 377 Å². The molecule has 6 saturated heterocycles. The fourth-order valence-electron chi connectivity index (χ4n) is 16.9. The molecule has 0 radical (unpaired) electrons. The average molecular weight is 1670 g/mol. The van der Waals surface area contributed by atoms with E-state index in [1.54, 1.807) is 54.1 Å². The summed E-state index contributed by atoms with van der Waals surface area (Å²) >= 11 is 0.250.